The fourth-order valence-electron chi connectivity index (χ4n) is 3.29. The molecule has 0 aliphatic rings. The van der Waals surface area contributed by atoms with E-state index in [9.17, 15) is 0 Å². The van der Waals surface area contributed by atoms with E-state index in [0.29, 0.717) is 0 Å². The zero-order valence-corrected chi connectivity index (χ0v) is 13.4. The first-order valence-corrected chi connectivity index (χ1v) is 8.22. The smallest absolute Gasteiger partial charge is 0.0349 e. The van der Waals surface area contributed by atoms with E-state index < -0.39 is 0 Å². The number of benzene rings is 4. The minimum atomic E-state index is 0.849. The highest BCUT2D eigenvalue weighted by Crippen LogP contribution is 2.32. The fourth-order valence-corrected chi connectivity index (χ4v) is 3.29. The monoisotopic (exact) mass is 309 g/mol. The summed E-state index contributed by atoms with van der Waals surface area (Å²) >= 11 is 0. The third kappa shape index (κ3) is 2.65. The van der Waals surface area contributed by atoms with Crippen molar-refractivity contribution in [3.63, 3.8) is 0 Å². The van der Waals surface area contributed by atoms with Crippen molar-refractivity contribution in [1.29, 1.82) is 0 Å². The fraction of sp³-hybridized carbons (Fsp3) is 0.0435. The molecule has 0 aromatic heterocycles. The Kier molecular flexibility index (Phi) is 3.76. The lowest BCUT2D eigenvalue weighted by atomic mass is 9.92. The number of rotatable bonds is 3. The number of para-hydroxylation sites is 1. The van der Waals surface area contributed by atoms with E-state index >= 15 is 0 Å². The largest absolute Gasteiger partial charge is 0.398 e. The Hall–Kier alpha value is -3.06. The summed E-state index contributed by atoms with van der Waals surface area (Å²) in [5, 5.41) is 2.58. The molecule has 0 radical (unpaired) electrons. The maximum absolute atomic E-state index is 6.13. The Morgan fingerprint density at radius 1 is 0.542 bits per heavy atom. The molecule has 116 valence electrons. The molecule has 1 heteroatoms. The van der Waals surface area contributed by atoms with Crippen LogP contribution < -0.4 is 5.73 Å². The standard InChI is InChI=1S/C23H19N/c24-23-13-7-4-10-19(23)16-18-14-15-21(17-8-2-1-3-9-17)22-12-6-5-11-20(18)22/h1-15H,16,24H2. The van der Waals surface area contributed by atoms with Crippen molar-refractivity contribution in [2.75, 3.05) is 5.73 Å². The van der Waals surface area contributed by atoms with Crippen LogP contribution in [0, 0.1) is 0 Å². The summed E-state index contributed by atoms with van der Waals surface area (Å²) in [6, 6.07) is 31.7. The topological polar surface area (TPSA) is 26.0 Å². The quantitative estimate of drug-likeness (QED) is 0.484. The molecule has 0 amide bonds. The van der Waals surface area contributed by atoms with Crippen LogP contribution in [0.3, 0.4) is 0 Å². The SMILES string of the molecule is Nc1ccccc1Cc1ccc(-c2ccccc2)c2ccccc12. The molecule has 0 bridgehead atoms. The van der Waals surface area contributed by atoms with Gasteiger partial charge in [0.2, 0.25) is 0 Å². The Labute approximate surface area is 142 Å². The van der Waals surface area contributed by atoms with Crippen LogP contribution in [-0.4, -0.2) is 0 Å². The normalized spacial score (nSPS) is 10.8. The molecular formula is C23H19N. The van der Waals surface area contributed by atoms with Crippen LogP contribution in [0.5, 0.6) is 0 Å². The molecule has 4 aromatic rings. The van der Waals surface area contributed by atoms with Crippen LogP contribution in [-0.2, 0) is 6.42 Å². The van der Waals surface area contributed by atoms with Gasteiger partial charge in [-0.3, -0.25) is 0 Å². The Bertz CT molecular complexity index is 987. The number of hydrogen-bond acceptors (Lipinski definition) is 1. The van der Waals surface area contributed by atoms with Gasteiger partial charge in [-0.15, -0.1) is 0 Å². The van der Waals surface area contributed by atoms with E-state index in [1.165, 1.54) is 33.0 Å². The van der Waals surface area contributed by atoms with Crippen molar-refractivity contribution >= 4 is 16.5 Å². The van der Waals surface area contributed by atoms with Gasteiger partial charge in [0.25, 0.3) is 0 Å². The molecule has 2 N–H and O–H groups in total. The second-order valence-corrected chi connectivity index (χ2v) is 6.06. The molecule has 0 heterocycles. The molecule has 0 saturated carbocycles. The van der Waals surface area contributed by atoms with E-state index in [1.807, 2.05) is 18.2 Å². The second kappa shape index (κ2) is 6.21. The Morgan fingerprint density at radius 3 is 2.00 bits per heavy atom. The lowest BCUT2D eigenvalue weighted by Crippen LogP contribution is -1.96. The summed E-state index contributed by atoms with van der Waals surface area (Å²) in [5.41, 5.74) is 12.0. The van der Waals surface area contributed by atoms with E-state index in [4.69, 9.17) is 5.73 Å². The third-order valence-corrected chi connectivity index (χ3v) is 4.54. The van der Waals surface area contributed by atoms with Crippen molar-refractivity contribution in [3.8, 4) is 11.1 Å². The summed E-state index contributed by atoms with van der Waals surface area (Å²) in [6.07, 6.45) is 0.849. The molecule has 4 aromatic carbocycles. The summed E-state index contributed by atoms with van der Waals surface area (Å²) in [6.45, 7) is 0. The minimum absolute atomic E-state index is 0.849. The highest BCUT2D eigenvalue weighted by Gasteiger charge is 2.09. The van der Waals surface area contributed by atoms with Crippen LogP contribution >= 0.6 is 0 Å². The second-order valence-electron chi connectivity index (χ2n) is 6.06. The minimum Gasteiger partial charge on any atom is -0.398 e. The number of nitrogen functional groups attached to an aromatic ring is 1. The summed E-state index contributed by atoms with van der Waals surface area (Å²) in [7, 11) is 0. The molecular weight excluding hydrogens is 290 g/mol. The highest BCUT2D eigenvalue weighted by molar-refractivity contribution is 5.98. The molecule has 0 spiro atoms. The molecule has 0 saturated heterocycles. The summed E-state index contributed by atoms with van der Waals surface area (Å²) in [5.74, 6) is 0. The van der Waals surface area contributed by atoms with Crippen LogP contribution in [0.15, 0.2) is 91.0 Å². The van der Waals surface area contributed by atoms with Gasteiger partial charge in [-0.05, 0) is 39.1 Å². The number of hydrogen-bond donors (Lipinski definition) is 1. The van der Waals surface area contributed by atoms with Crippen LogP contribution in [0.2, 0.25) is 0 Å². The average Bonchev–Trinajstić information content (AvgIpc) is 2.64. The maximum atomic E-state index is 6.13. The molecule has 0 unspecified atom stereocenters. The average molecular weight is 309 g/mol. The predicted octanol–water partition coefficient (Wildman–Crippen LogP) is 5.68. The maximum Gasteiger partial charge on any atom is 0.0349 e. The lowest BCUT2D eigenvalue weighted by molar-refractivity contribution is 1.22. The number of anilines is 1. The van der Waals surface area contributed by atoms with E-state index in [-0.39, 0.29) is 0 Å². The van der Waals surface area contributed by atoms with Crippen LogP contribution in [0.25, 0.3) is 21.9 Å². The van der Waals surface area contributed by atoms with Gasteiger partial charge in [0, 0.05) is 12.1 Å². The van der Waals surface area contributed by atoms with Crippen molar-refractivity contribution in [1.82, 2.24) is 0 Å². The lowest BCUT2D eigenvalue weighted by Gasteiger charge is -2.13. The zero-order chi connectivity index (χ0) is 16.4. The van der Waals surface area contributed by atoms with Gasteiger partial charge in [0.05, 0.1) is 0 Å². The number of nitrogens with two attached hydrogens (primary N) is 1. The van der Waals surface area contributed by atoms with Gasteiger partial charge in [-0.1, -0.05) is 84.9 Å². The Morgan fingerprint density at radius 2 is 1.21 bits per heavy atom. The van der Waals surface area contributed by atoms with Gasteiger partial charge in [0.15, 0.2) is 0 Å². The summed E-state index contributed by atoms with van der Waals surface area (Å²) in [4.78, 5) is 0. The van der Waals surface area contributed by atoms with Gasteiger partial charge in [0.1, 0.15) is 0 Å². The molecule has 0 aliphatic heterocycles. The first-order chi connectivity index (χ1) is 11.8. The van der Waals surface area contributed by atoms with Gasteiger partial charge >= 0.3 is 0 Å². The van der Waals surface area contributed by atoms with Crippen LogP contribution in [0.1, 0.15) is 11.1 Å². The zero-order valence-electron chi connectivity index (χ0n) is 13.4. The van der Waals surface area contributed by atoms with Gasteiger partial charge in [-0.2, -0.15) is 0 Å². The molecule has 0 atom stereocenters. The van der Waals surface area contributed by atoms with Crippen molar-refractivity contribution in [3.05, 3.63) is 102 Å². The predicted molar refractivity (Wildman–Crippen MR) is 103 cm³/mol. The molecule has 4 rings (SSSR count). The molecule has 0 fully saturated rings. The van der Waals surface area contributed by atoms with Crippen LogP contribution in [0.4, 0.5) is 5.69 Å². The first kappa shape index (κ1) is 14.5. The van der Waals surface area contributed by atoms with Crippen molar-refractivity contribution in [2.45, 2.75) is 6.42 Å². The first-order valence-electron chi connectivity index (χ1n) is 8.22. The van der Waals surface area contributed by atoms with Crippen molar-refractivity contribution < 1.29 is 0 Å². The van der Waals surface area contributed by atoms with Gasteiger partial charge < -0.3 is 5.73 Å². The van der Waals surface area contributed by atoms with E-state index in [0.717, 1.165) is 12.1 Å². The molecule has 1 nitrogen and oxygen atoms in total. The number of fused-ring (bicyclic) bond motifs is 1. The Balaban J connectivity index is 1.86. The van der Waals surface area contributed by atoms with Gasteiger partial charge in [-0.25, -0.2) is 0 Å². The molecule has 24 heavy (non-hydrogen) atoms. The third-order valence-electron chi connectivity index (χ3n) is 4.54. The van der Waals surface area contributed by atoms with E-state index in [2.05, 4.69) is 72.8 Å². The molecule has 0 aliphatic carbocycles. The van der Waals surface area contributed by atoms with Crippen molar-refractivity contribution in [2.24, 2.45) is 0 Å². The van der Waals surface area contributed by atoms with E-state index in [1.54, 1.807) is 0 Å². The highest BCUT2D eigenvalue weighted by atomic mass is 14.6. The summed E-state index contributed by atoms with van der Waals surface area (Å²) < 4.78 is 0.